The molecular formula is C14H12BrClN4O3S. The third kappa shape index (κ3) is 3.95. The Morgan fingerprint density at radius 2 is 2.08 bits per heavy atom. The molecule has 0 unspecified atom stereocenters. The summed E-state index contributed by atoms with van der Waals surface area (Å²) >= 11 is 9.12. The van der Waals surface area contributed by atoms with Gasteiger partial charge in [0, 0.05) is 4.47 Å². The number of halogens is 2. The van der Waals surface area contributed by atoms with Gasteiger partial charge in [-0.15, -0.1) is 0 Å². The molecule has 0 fully saturated rings. The minimum atomic E-state index is -4.11. The van der Waals surface area contributed by atoms with Crippen LogP contribution in [0, 0.1) is 25.2 Å². The fourth-order valence-corrected chi connectivity index (χ4v) is 3.82. The summed E-state index contributed by atoms with van der Waals surface area (Å²) in [5, 5.41) is 13.4. The number of rotatable bonds is 4. The van der Waals surface area contributed by atoms with E-state index >= 15 is 0 Å². The van der Waals surface area contributed by atoms with Crippen LogP contribution in [0.25, 0.3) is 0 Å². The maximum absolute atomic E-state index is 12.3. The van der Waals surface area contributed by atoms with Gasteiger partial charge in [-0.2, -0.15) is 10.4 Å². The van der Waals surface area contributed by atoms with E-state index in [1.165, 1.54) is 22.9 Å². The second-order valence-corrected chi connectivity index (χ2v) is 7.93. The average molecular weight is 432 g/mol. The molecule has 7 nitrogen and oxygen atoms in total. The Labute approximate surface area is 152 Å². The zero-order chi connectivity index (χ0) is 18.1. The lowest BCUT2D eigenvalue weighted by Gasteiger charge is -2.09. The molecule has 0 spiro atoms. The van der Waals surface area contributed by atoms with Crippen molar-refractivity contribution in [3.05, 3.63) is 44.6 Å². The van der Waals surface area contributed by atoms with Crippen LogP contribution in [0.2, 0.25) is 5.02 Å². The highest BCUT2D eigenvalue weighted by atomic mass is 79.9. The van der Waals surface area contributed by atoms with Crippen LogP contribution >= 0.6 is 27.5 Å². The topological polar surface area (TPSA) is 105 Å². The fraction of sp³-hybridized carbons (Fsp3) is 0.214. The van der Waals surface area contributed by atoms with Crippen molar-refractivity contribution in [3.63, 3.8) is 0 Å². The van der Waals surface area contributed by atoms with E-state index in [4.69, 9.17) is 16.9 Å². The molecule has 0 aliphatic rings. The first-order valence-electron chi connectivity index (χ1n) is 6.60. The summed E-state index contributed by atoms with van der Waals surface area (Å²) in [5.74, 6) is -0.768. The Hall–Kier alpha value is -1.89. The van der Waals surface area contributed by atoms with E-state index in [0.717, 1.165) is 0 Å². The molecule has 126 valence electrons. The lowest BCUT2D eigenvalue weighted by atomic mass is 10.2. The van der Waals surface area contributed by atoms with Gasteiger partial charge in [0.15, 0.2) is 0 Å². The number of nitrogens with one attached hydrogen (secondary N) is 1. The minimum absolute atomic E-state index is 0.155. The summed E-state index contributed by atoms with van der Waals surface area (Å²) in [6.45, 7) is 3.07. The van der Waals surface area contributed by atoms with Crippen molar-refractivity contribution in [1.29, 1.82) is 5.26 Å². The van der Waals surface area contributed by atoms with Crippen LogP contribution in [0.1, 0.15) is 17.0 Å². The van der Waals surface area contributed by atoms with Crippen LogP contribution in [0.5, 0.6) is 0 Å². The minimum Gasteiger partial charge on any atom is -0.272 e. The molecule has 0 saturated heterocycles. The van der Waals surface area contributed by atoms with Gasteiger partial charge in [0.05, 0.1) is 32.9 Å². The number of sulfonamides is 1. The van der Waals surface area contributed by atoms with Gasteiger partial charge in [0.1, 0.15) is 6.54 Å². The lowest BCUT2D eigenvalue weighted by molar-refractivity contribution is -0.120. The number of benzene rings is 1. The number of amides is 1. The van der Waals surface area contributed by atoms with E-state index in [1.54, 1.807) is 13.8 Å². The smallest absolute Gasteiger partial charge is 0.264 e. The number of aromatic nitrogens is 2. The monoisotopic (exact) mass is 430 g/mol. The van der Waals surface area contributed by atoms with E-state index in [2.05, 4.69) is 21.0 Å². The molecular weight excluding hydrogens is 420 g/mol. The number of carbonyl (C=O) groups excluding carboxylic acids is 1. The summed E-state index contributed by atoms with van der Waals surface area (Å²) in [4.78, 5) is 11.9. The summed E-state index contributed by atoms with van der Waals surface area (Å²) < 4.78 is 28.3. The van der Waals surface area contributed by atoms with Crippen LogP contribution in [-0.4, -0.2) is 24.1 Å². The normalized spacial score (nSPS) is 11.1. The zero-order valence-corrected chi connectivity index (χ0v) is 15.8. The summed E-state index contributed by atoms with van der Waals surface area (Å²) in [7, 11) is -4.11. The van der Waals surface area contributed by atoms with Crippen molar-refractivity contribution in [1.82, 2.24) is 14.5 Å². The highest BCUT2D eigenvalue weighted by Gasteiger charge is 2.20. The molecule has 1 aromatic carbocycles. The predicted molar refractivity (Wildman–Crippen MR) is 90.9 cm³/mol. The Bertz CT molecular complexity index is 963. The van der Waals surface area contributed by atoms with Crippen molar-refractivity contribution >= 4 is 43.5 Å². The molecule has 0 saturated carbocycles. The van der Waals surface area contributed by atoms with E-state index in [0.29, 0.717) is 20.9 Å². The van der Waals surface area contributed by atoms with Gasteiger partial charge in [-0.25, -0.2) is 13.1 Å². The van der Waals surface area contributed by atoms with Gasteiger partial charge in [0.2, 0.25) is 0 Å². The third-order valence-corrected chi connectivity index (χ3v) is 5.50. The third-order valence-electron chi connectivity index (χ3n) is 3.15. The van der Waals surface area contributed by atoms with Gasteiger partial charge >= 0.3 is 0 Å². The highest BCUT2D eigenvalue weighted by Crippen LogP contribution is 2.20. The van der Waals surface area contributed by atoms with Crippen molar-refractivity contribution < 1.29 is 13.2 Å². The quantitative estimate of drug-likeness (QED) is 0.799. The molecule has 1 amide bonds. The first-order chi connectivity index (χ1) is 11.1. The second kappa shape index (κ2) is 6.93. The van der Waals surface area contributed by atoms with Crippen LogP contribution in [0.15, 0.2) is 27.6 Å². The first kappa shape index (κ1) is 18.4. The molecule has 0 aliphatic heterocycles. The Balaban J connectivity index is 2.23. The van der Waals surface area contributed by atoms with Gasteiger partial charge in [-0.05, 0) is 32.0 Å². The summed E-state index contributed by atoms with van der Waals surface area (Å²) in [6, 6.07) is 5.81. The number of aryl methyl sites for hydroxylation is 1. The molecule has 24 heavy (non-hydrogen) atoms. The number of carbonyl (C=O) groups is 1. The van der Waals surface area contributed by atoms with Crippen molar-refractivity contribution in [2.75, 3.05) is 0 Å². The molecule has 0 radical (unpaired) electrons. The van der Waals surface area contributed by atoms with E-state index < -0.39 is 15.9 Å². The molecule has 2 rings (SSSR count). The van der Waals surface area contributed by atoms with Crippen LogP contribution in [0.3, 0.4) is 0 Å². The number of nitrogens with zero attached hydrogens (tertiary/aromatic N) is 3. The second-order valence-electron chi connectivity index (χ2n) is 4.96. The predicted octanol–water partition coefficient (Wildman–Crippen LogP) is 2.29. The first-order valence-corrected chi connectivity index (χ1v) is 9.25. The Morgan fingerprint density at radius 1 is 1.42 bits per heavy atom. The molecule has 0 bridgehead atoms. The Kier molecular flexibility index (Phi) is 5.32. The molecule has 1 heterocycles. The van der Waals surface area contributed by atoms with Gasteiger partial charge in [-0.3, -0.25) is 9.48 Å². The van der Waals surface area contributed by atoms with Crippen LogP contribution in [-0.2, 0) is 21.4 Å². The van der Waals surface area contributed by atoms with Gasteiger partial charge in [-0.1, -0.05) is 27.5 Å². The summed E-state index contributed by atoms with van der Waals surface area (Å²) in [6.07, 6.45) is 0. The van der Waals surface area contributed by atoms with E-state index in [-0.39, 0.29) is 17.0 Å². The largest absolute Gasteiger partial charge is 0.272 e. The van der Waals surface area contributed by atoms with Crippen molar-refractivity contribution in [3.8, 4) is 6.07 Å². The standard InChI is InChI=1S/C14H12BrClN4O3S/c1-8-14(16)9(2)20(18-8)7-13(21)19-24(22,23)12-4-10(6-17)3-11(15)5-12/h3-5H,7H2,1-2H3,(H,19,21). The summed E-state index contributed by atoms with van der Waals surface area (Å²) in [5.41, 5.74) is 1.27. The maximum Gasteiger partial charge on any atom is 0.264 e. The maximum atomic E-state index is 12.3. The average Bonchev–Trinajstić information content (AvgIpc) is 2.73. The molecule has 10 heteroatoms. The zero-order valence-electron chi connectivity index (χ0n) is 12.7. The molecule has 0 atom stereocenters. The van der Waals surface area contributed by atoms with Crippen molar-refractivity contribution in [2.45, 2.75) is 25.3 Å². The van der Waals surface area contributed by atoms with E-state index in [1.807, 2.05) is 10.8 Å². The molecule has 1 aromatic heterocycles. The molecule has 0 aliphatic carbocycles. The Morgan fingerprint density at radius 3 is 2.62 bits per heavy atom. The van der Waals surface area contributed by atoms with Gasteiger partial charge < -0.3 is 0 Å². The number of nitriles is 1. The van der Waals surface area contributed by atoms with E-state index in [9.17, 15) is 13.2 Å². The SMILES string of the molecule is Cc1nn(CC(=O)NS(=O)(=O)c2cc(Br)cc(C#N)c2)c(C)c1Cl. The lowest BCUT2D eigenvalue weighted by Crippen LogP contribution is -2.34. The van der Waals surface area contributed by atoms with Crippen LogP contribution in [0.4, 0.5) is 0 Å². The molecule has 1 N–H and O–H groups in total. The van der Waals surface area contributed by atoms with Crippen molar-refractivity contribution in [2.24, 2.45) is 0 Å². The number of hydrogen-bond donors (Lipinski definition) is 1. The number of hydrogen-bond acceptors (Lipinski definition) is 5. The fourth-order valence-electron chi connectivity index (χ4n) is 1.99. The molecule has 2 aromatic rings. The van der Waals surface area contributed by atoms with Crippen LogP contribution < -0.4 is 4.72 Å². The van der Waals surface area contributed by atoms with Gasteiger partial charge in [0.25, 0.3) is 15.9 Å². The highest BCUT2D eigenvalue weighted by molar-refractivity contribution is 9.10.